The lowest BCUT2D eigenvalue weighted by molar-refractivity contribution is -0.391. The molecule has 0 radical (unpaired) electrons. The van der Waals surface area contributed by atoms with Crippen molar-refractivity contribution in [1.29, 1.82) is 0 Å². The normalized spacial score (nSPS) is 10.4. The summed E-state index contributed by atoms with van der Waals surface area (Å²) in [4.78, 5) is 22.0. The van der Waals surface area contributed by atoms with Crippen molar-refractivity contribution in [3.63, 3.8) is 0 Å². The molecule has 6 nitrogen and oxygen atoms in total. The zero-order valence-electron chi connectivity index (χ0n) is 10.9. The number of aromatic nitrogens is 1. The largest absolute Gasteiger partial charge is 0.358 e. The monoisotopic (exact) mass is 287 g/mol. The van der Waals surface area contributed by atoms with Crippen molar-refractivity contribution in [2.45, 2.75) is 25.7 Å². The van der Waals surface area contributed by atoms with Crippen LogP contribution in [0.15, 0.2) is 12.1 Å². The molecule has 7 heteroatoms. The van der Waals surface area contributed by atoms with Crippen molar-refractivity contribution in [2.75, 3.05) is 12.4 Å². The SMILES string of the molecule is Cn1c(C(=O)NCCCCCCCl)ccc1[N+](=O)[O-]. The van der Waals surface area contributed by atoms with E-state index < -0.39 is 4.92 Å². The van der Waals surface area contributed by atoms with Crippen molar-refractivity contribution < 1.29 is 9.72 Å². The van der Waals surface area contributed by atoms with E-state index in [0.717, 1.165) is 25.7 Å². The molecule has 0 atom stereocenters. The van der Waals surface area contributed by atoms with Crippen molar-refractivity contribution in [2.24, 2.45) is 7.05 Å². The first-order chi connectivity index (χ1) is 9.07. The molecule has 19 heavy (non-hydrogen) atoms. The first kappa shape index (κ1) is 15.5. The van der Waals surface area contributed by atoms with Crippen molar-refractivity contribution >= 4 is 23.3 Å². The Kier molecular flexibility index (Phi) is 6.35. The molecule has 0 saturated carbocycles. The maximum absolute atomic E-state index is 11.8. The van der Waals surface area contributed by atoms with E-state index in [4.69, 9.17) is 11.6 Å². The zero-order chi connectivity index (χ0) is 14.3. The van der Waals surface area contributed by atoms with E-state index in [0.29, 0.717) is 18.1 Å². The van der Waals surface area contributed by atoms with Gasteiger partial charge in [0.25, 0.3) is 5.91 Å². The average molecular weight is 288 g/mol. The molecule has 0 unspecified atom stereocenters. The molecule has 106 valence electrons. The summed E-state index contributed by atoms with van der Waals surface area (Å²) in [5, 5.41) is 13.4. The van der Waals surface area contributed by atoms with Crippen LogP contribution in [0.1, 0.15) is 36.2 Å². The van der Waals surface area contributed by atoms with E-state index in [-0.39, 0.29) is 11.7 Å². The quantitative estimate of drug-likeness (QED) is 0.345. The zero-order valence-corrected chi connectivity index (χ0v) is 11.7. The first-order valence-electron chi connectivity index (χ1n) is 6.22. The summed E-state index contributed by atoms with van der Waals surface area (Å²) in [6, 6.07) is 2.79. The number of hydrogen-bond acceptors (Lipinski definition) is 3. The molecule has 0 aliphatic heterocycles. The fourth-order valence-corrected chi connectivity index (χ4v) is 1.97. The van der Waals surface area contributed by atoms with Crippen LogP contribution in [0.25, 0.3) is 0 Å². The summed E-state index contributed by atoms with van der Waals surface area (Å²) in [5.74, 6) is 0.291. The molecule has 0 fully saturated rings. The van der Waals surface area contributed by atoms with E-state index in [1.54, 1.807) is 0 Å². The number of alkyl halides is 1. The fourth-order valence-electron chi connectivity index (χ4n) is 1.78. The minimum Gasteiger partial charge on any atom is -0.358 e. The number of carbonyl (C=O) groups is 1. The van der Waals surface area contributed by atoms with E-state index in [9.17, 15) is 14.9 Å². The summed E-state index contributed by atoms with van der Waals surface area (Å²) in [6.45, 7) is 0.570. The fraction of sp³-hybridized carbons (Fsp3) is 0.583. The number of halogens is 1. The maximum atomic E-state index is 11.8. The molecule has 0 spiro atoms. The van der Waals surface area contributed by atoms with Gasteiger partial charge in [0, 0.05) is 18.5 Å². The summed E-state index contributed by atoms with van der Waals surface area (Å²) in [6.07, 6.45) is 3.93. The predicted octanol–water partition coefficient (Wildman–Crippen LogP) is 2.46. The van der Waals surface area contributed by atoms with Gasteiger partial charge in [-0.1, -0.05) is 12.8 Å². The van der Waals surface area contributed by atoms with Crippen LogP contribution in [-0.2, 0) is 7.05 Å². The number of amides is 1. The lowest BCUT2D eigenvalue weighted by Crippen LogP contribution is -2.26. The third kappa shape index (κ3) is 4.55. The highest BCUT2D eigenvalue weighted by molar-refractivity contribution is 6.17. The highest BCUT2D eigenvalue weighted by Gasteiger charge is 2.19. The third-order valence-corrected chi connectivity index (χ3v) is 3.13. The second kappa shape index (κ2) is 7.78. The Labute approximate surface area is 116 Å². The number of carbonyl (C=O) groups excluding carboxylic acids is 1. The Bertz CT molecular complexity index is 445. The van der Waals surface area contributed by atoms with Gasteiger partial charge in [0.05, 0.1) is 7.05 Å². The van der Waals surface area contributed by atoms with Gasteiger partial charge in [-0.15, -0.1) is 11.6 Å². The lowest BCUT2D eigenvalue weighted by Gasteiger charge is -2.04. The van der Waals surface area contributed by atoms with Gasteiger partial charge in [-0.05, 0) is 23.8 Å². The van der Waals surface area contributed by atoms with Crippen LogP contribution in [0.4, 0.5) is 5.82 Å². The van der Waals surface area contributed by atoms with Crippen LogP contribution in [-0.4, -0.2) is 27.8 Å². The molecule has 1 amide bonds. The second-order valence-corrected chi connectivity index (χ2v) is 4.63. The van der Waals surface area contributed by atoms with Crippen LogP contribution in [0.5, 0.6) is 0 Å². The number of nitro groups is 1. The standard InChI is InChI=1S/C12H18ClN3O3/c1-15-10(6-7-11(15)16(18)19)12(17)14-9-5-3-2-4-8-13/h6-7H,2-5,8-9H2,1H3,(H,14,17). The summed E-state index contributed by atoms with van der Waals surface area (Å²) >= 11 is 5.56. The van der Waals surface area contributed by atoms with Gasteiger partial charge in [0.1, 0.15) is 0 Å². The van der Waals surface area contributed by atoms with E-state index in [1.165, 1.54) is 23.7 Å². The van der Waals surface area contributed by atoms with Gasteiger partial charge in [-0.2, -0.15) is 0 Å². The molecular formula is C12H18ClN3O3. The molecule has 0 aliphatic carbocycles. The third-order valence-electron chi connectivity index (χ3n) is 2.86. The highest BCUT2D eigenvalue weighted by Crippen LogP contribution is 2.14. The van der Waals surface area contributed by atoms with Crippen LogP contribution in [0.2, 0.25) is 0 Å². The van der Waals surface area contributed by atoms with Crippen molar-refractivity contribution in [1.82, 2.24) is 9.88 Å². The topological polar surface area (TPSA) is 77.2 Å². The average Bonchev–Trinajstić information content (AvgIpc) is 2.75. The molecule has 1 N–H and O–H groups in total. The first-order valence-corrected chi connectivity index (χ1v) is 6.75. The number of hydrogen-bond donors (Lipinski definition) is 1. The Morgan fingerprint density at radius 3 is 2.63 bits per heavy atom. The van der Waals surface area contributed by atoms with Crippen molar-refractivity contribution in [3.8, 4) is 0 Å². The van der Waals surface area contributed by atoms with Gasteiger partial charge < -0.3 is 15.4 Å². The summed E-state index contributed by atoms with van der Waals surface area (Å²) in [5.41, 5.74) is 0.299. The Morgan fingerprint density at radius 2 is 2.05 bits per heavy atom. The number of nitrogens with zero attached hydrogens (tertiary/aromatic N) is 2. The smallest absolute Gasteiger partial charge is 0.323 e. The molecular weight excluding hydrogens is 270 g/mol. The van der Waals surface area contributed by atoms with E-state index in [2.05, 4.69) is 5.32 Å². The summed E-state index contributed by atoms with van der Waals surface area (Å²) < 4.78 is 1.28. The van der Waals surface area contributed by atoms with Crippen LogP contribution < -0.4 is 5.32 Å². The Hall–Kier alpha value is -1.56. The van der Waals surface area contributed by atoms with Gasteiger partial charge in [0.2, 0.25) is 0 Å². The number of nitrogens with one attached hydrogen (secondary N) is 1. The number of rotatable bonds is 8. The summed E-state index contributed by atoms with van der Waals surface area (Å²) in [7, 11) is 1.51. The molecule has 1 rings (SSSR count). The molecule has 0 saturated heterocycles. The molecule has 0 aromatic carbocycles. The Morgan fingerprint density at radius 1 is 1.37 bits per heavy atom. The second-order valence-electron chi connectivity index (χ2n) is 4.25. The van der Waals surface area contributed by atoms with Gasteiger partial charge >= 0.3 is 5.82 Å². The molecule has 0 bridgehead atoms. The Balaban J connectivity index is 2.40. The molecule has 1 heterocycles. The van der Waals surface area contributed by atoms with Crippen LogP contribution in [0.3, 0.4) is 0 Å². The molecule has 1 aromatic rings. The maximum Gasteiger partial charge on any atom is 0.323 e. The van der Waals surface area contributed by atoms with E-state index >= 15 is 0 Å². The molecule has 1 aromatic heterocycles. The van der Waals surface area contributed by atoms with Crippen molar-refractivity contribution in [3.05, 3.63) is 27.9 Å². The van der Waals surface area contributed by atoms with Crippen LogP contribution >= 0.6 is 11.6 Å². The van der Waals surface area contributed by atoms with Gasteiger partial charge in [-0.25, -0.2) is 4.57 Å². The van der Waals surface area contributed by atoms with Gasteiger partial charge in [-0.3, -0.25) is 4.79 Å². The predicted molar refractivity (Wildman–Crippen MR) is 73.6 cm³/mol. The van der Waals surface area contributed by atoms with Crippen LogP contribution in [0, 0.1) is 10.1 Å². The number of unbranched alkanes of at least 4 members (excludes halogenated alkanes) is 3. The minimum atomic E-state index is -0.511. The highest BCUT2D eigenvalue weighted by atomic mass is 35.5. The minimum absolute atomic E-state index is 0.0905. The van der Waals surface area contributed by atoms with E-state index in [1.807, 2.05) is 0 Å². The molecule has 0 aliphatic rings. The lowest BCUT2D eigenvalue weighted by atomic mass is 10.2. The van der Waals surface area contributed by atoms with Gasteiger partial charge in [0.15, 0.2) is 5.69 Å².